The van der Waals surface area contributed by atoms with Crippen molar-refractivity contribution in [3.8, 4) is 0 Å². The molecule has 0 amide bonds. The Balaban J connectivity index is 2.61. The van der Waals surface area contributed by atoms with Crippen LogP contribution in [-0.2, 0) is 0 Å². The topological polar surface area (TPSA) is 46.4 Å². The maximum Gasteiger partial charge on any atom is 0.269 e. The summed E-state index contributed by atoms with van der Waals surface area (Å²) in [5, 5.41) is 12.3. The summed E-state index contributed by atoms with van der Waals surface area (Å²) < 4.78 is 0. The number of nitrogens with zero attached hydrogens (tertiary/aromatic N) is 2. The first-order valence-electron chi connectivity index (χ1n) is 4.34. The van der Waals surface area contributed by atoms with E-state index in [9.17, 15) is 10.1 Å². The van der Waals surface area contributed by atoms with Gasteiger partial charge in [-0.05, 0) is 17.5 Å². The van der Waals surface area contributed by atoms with E-state index in [1.54, 1.807) is 12.1 Å². The lowest BCUT2D eigenvalue weighted by atomic mass is 10.3. The van der Waals surface area contributed by atoms with E-state index in [4.69, 9.17) is 0 Å². The fourth-order valence-electron chi connectivity index (χ4n) is 0.877. The van der Waals surface area contributed by atoms with E-state index in [1.165, 1.54) is 23.9 Å². The molecule has 5 heteroatoms. The van der Waals surface area contributed by atoms with Crippen LogP contribution in [0.1, 0.15) is 0 Å². The second-order valence-electron chi connectivity index (χ2n) is 3.12. The molecule has 0 fully saturated rings. The number of non-ortho nitro benzene ring substituents is 1. The Hall–Kier alpha value is -1.49. The smallest absolute Gasteiger partial charge is 0.269 e. The molecule has 0 saturated carbocycles. The number of nitro groups is 1. The molecule has 0 aliphatic heterocycles. The van der Waals surface area contributed by atoms with Gasteiger partial charge >= 0.3 is 0 Å². The molecule has 0 aliphatic carbocycles. The number of hydrogen-bond acceptors (Lipinski definition) is 4. The number of nitro benzene ring substituents is 1. The molecular formula is C10H12N2O2S. The van der Waals surface area contributed by atoms with Crippen molar-refractivity contribution in [3.05, 3.63) is 46.0 Å². The third-order valence-electron chi connectivity index (χ3n) is 1.61. The van der Waals surface area contributed by atoms with Crippen molar-refractivity contribution in [1.82, 2.24) is 4.90 Å². The molecule has 15 heavy (non-hydrogen) atoms. The van der Waals surface area contributed by atoms with Crippen LogP contribution in [0.15, 0.2) is 40.8 Å². The normalized spacial score (nSPS) is 10.5. The highest BCUT2D eigenvalue weighted by Gasteiger charge is 2.02. The standard InChI is InChI=1S/C10H12N2O2S/c1-11(2)7-8-15-10-5-3-9(4-6-10)12(13)14/h3-8H,1-2H3/b8-7-. The second-order valence-corrected chi connectivity index (χ2v) is 4.10. The van der Waals surface area contributed by atoms with Gasteiger partial charge in [0.1, 0.15) is 0 Å². The molecule has 0 bridgehead atoms. The zero-order chi connectivity index (χ0) is 11.3. The van der Waals surface area contributed by atoms with Crippen LogP contribution in [0.4, 0.5) is 5.69 Å². The molecule has 1 aromatic rings. The number of thioether (sulfide) groups is 1. The zero-order valence-electron chi connectivity index (χ0n) is 8.58. The summed E-state index contributed by atoms with van der Waals surface area (Å²) in [6.45, 7) is 0. The molecule has 4 nitrogen and oxygen atoms in total. The minimum absolute atomic E-state index is 0.121. The van der Waals surface area contributed by atoms with Gasteiger partial charge in [0, 0.05) is 37.3 Å². The predicted octanol–water partition coefficient (Wildman–Crippen LogP) is 2.72. The molecule has 80 valence electrons. The highest BCUT2D eigenvalue weighted by molar-refractivity contribution is 8.02. The van der Waals surface area contributed by atoms with Gasteiger partial charge in [0.25, 0.3) is 5.69 Å². The zero-order valence-corrected chi connectivity index (χ0v) is 9.40. The lowest BCUT2D eigenvalue weighted by Gasteiger charge is -2.02. The Morgan fingerprint density at radius 2 is 1.93 bits per heavy atom. The summed E-state index contributed by atoms with van der Waals surface area (Å²) in [5.41, 5.74) is 0.121. The van der Waals surface area contributed by atoms with Gasteiger partial charge < -0.3 is 4.90 Å². The Labute approximate surface area is 92.7 Å². The number of rotatable bonds is 4. The lowest BCUT2D eigenvalue weighted by Crippen LogP contribution is -1.99. The Kier molecular flexibility index (Phi) is 4.17. The van der Waals surface area contributed by atoms with Crippen molar-refractivity contribution in [2.45, 2.75) is 4.90 Å². The first kappa shape index (κ1) is 11.6. The van der Waals surface area contributed by atoms with Crippen molar-refractivity contribution in [3.63, 3.8) is 0 Å². The maximum atomic E-state index is 10.4. The van der Waals surface area contributed by atoms with Gasteiger partial charge in [-0.15, -0.1) is 0 Å². The summed E-state index contributed by atoms with van der Waals surface area (Å²) in [5.74, 6) is 0. The van der Waals surface area contributed by atoms with E-state index < -0.39 is 4.92 Å². The third kappa shape index (κ3) is 4.03. The molecule has 0 spiro atoms. The van der Waals surface area contributed by atoms with Crippen LogP contribution in [0.2, 0.25) is 0 Å². The highest BCUT2D eigenvalue weighted by atomic mass is 32.2. The van der Waals surface area contributed by atoms with Crippen molar-refractivity contribution >= 4 is 17.4 Å². The fraction of sp³-hybridized carbons (Fsp3) is 0.200. The molecule has 0 aromatic heterocycles. The van der Waals surface area contributed by atoms with Crippen molar-refractivity contribution < 1.29 is 4.92 Å². The van der Waals surface area contributed by atoms with Crippen LogP contribution < -0.4 is 0 Å². The van der Waals surface area contributed by atoms with E-state index in [2.05, 4.69) is 0 Å². The fourth-order valence-corrected chi connectivity index (χ4v) is 1.63. The SMILES string of the molecule is CN(C)/C=C\Sc1ccc([N+](=O)[O-])cc1. The minimum Gasteiger partial charge on any atom is -0.383 e. The first-order chi connectivity index (χ1) is 7.09. The van der Waals surface area contributed by atoms with E-state index >= 15 is 0 Å². The quantitative estimate of drug-likeness (QED) is 0.448. The van der Waals surface area contributed by atoms with Gasteiger partial charge in [0.2, 0.25) is 0 Å². The number of hydrogen-bond donors (Lipinski definition) is 0. The Morgan fingerprint density at radius 3 is 2.40 bits per heavy atom. The molecule has 1 rings (SSSR count). The molecule has 0 unspecified atom stereocenters. The molecular weight excluding hydrogens is 212 g/mol. The van der Waals surface area contributed by atoms with Crippen LogP contribution in [0, 0.1) is 10.1 Å². The summed E-state index contributed by atoms with van der Waals surface area (Å²) >= 11 is 1.52. The molecule has 0 heterocycles. The second kappa shape index (κ2) is 5.41. The Morgan fingerprint density at radius 1 is 1.33 bits per heavy atom. The van der Waals surface area contributed by atoms with Crippen molar-refractivity contribution in [2.75, 3.05) is 14.1 Å². The maximum absolute atomic E-state index is 10.4. The molecule has 0 aliphatic rings. The molecule has 0 atom stereocenters. The summed E-state index contributed by atoms with van der Waals surface area (Å²) in [6, 6.07) is 6.49. The predicted molar refractivity (Wildman–Crippen MR) is 61.8 cm³/mol. The third-order valence-corrected chi connectivity index (χ3v) is 2.41. The van der Waals surface area contributed by atoms with Crippen LogP contribution in [0.25, 0.3) is 0 Å². The van der Waals surface area contributed by atoms with Crippen molar-refractivity contribution in [2.24, 2.45) is 0 Å². The van der Waals surface area contributed by atoms with Gasteiger partial charge in [-0.2, -0.15) is 0 Å². The van der Waals surface area contributed by atoms with Crippen LogP contribution in [-0.4, -0.2) is 23.9 Å². The van der Waals surface area contributed by atoms with Crippen molar-refractivity contribution in [1.29, 1.82) is 0 Å². The minimum atomic E-state index is -0.399. The molecule has 0 N–H and O–H groups in total. The van der Waals surface area contributed by atoms with E-state index in [0.717, 1.165) is 4.90 Å². The summed E-state index contributed by atoms with van der Waals surface area (Å²) in [7, 11) is 3.87. The van der Waals surface area contributed by atoms with Crippen LogP contribution >= 0.6 is 11.8 Å². The van der Waals surface area contributed by atoms with Crippen LogP contribution in [0.5, 0.6) is 0 Å². The average Bonchev–Trinajstić information content (AvgIpc) is 2.18. The van der Waals surface area contributed by atoms with E-state index in [-0.39, 0.29) is 5.69 Å². The van der Waals surface area contributed by atoms with Gasteiger partial charge in [-0.25, -0.2) is 0 Å². The summed E-state index contributed by atoms with van der Waals surface area (Å²) in [6.07, 6.45) is 1.92. The van der Waals surface area contributed by atoms with E-state index in [0.29, 0.717) is 0 Å². The highest BCUT2D eigenvalue weighted by Crippen LogP contribution is 2.21. The molecule has 0 saturated heterocycles. The largest absolute Gasteiger partial charge is 0.383 e. The first-order valence-corrected chi connectivity index (χ1v) is 5.22. The molecule has 0 radical (unpaired) electrons. The van der Waals surface area contributed by atoms with E-state index in [1.807, 2.05) is 30.6 Å². The van der Waals surface area contributed by atoms with Gasteiger partial charge in [-0.1, -0.05) is 11.8 Å². The monoisotopic (exact) mass is 224 g/mol. The average molecular weight is 224 g/mol. The molecule has 1 aromatic carbocycles. The van der Waals surface area contributed by atoms with Gasteiger partial charge in [0.05, 0.1) is 4.92 Å². The van der Waals surface area contributed by atoms with Crippen LogP contribution in [0.3, 0.4) is 0 Å². The summed E-state index contributed by atoms with van der Waals surface area (Å²) in [4.78, 5) is 12.9. The number of benzene rings is 1. The van der Waals surface area contributed by atoms with Gasteiger partial charge in [0.15, 0.2) is 0 Å². The Bertz CT molecular complexity index is 360. The lowest BCUT2D eigenvalue weighted by molar-refractivity contribution is -0.384. The van der Waals surface area contributed by atoms with Gasteiger partial charge in [-0.3, -0.25) is 10.1 Å².